The number of rotatable bonds is 1. The number of hydrogen-bond donors (Lipinski definition) is 0. The molecule has 0 aromatic carbocycles. The maximum atomic E-state index is 12.6. The molecule has 0 amide bonds. The predicted molar refractivity (Wildman–Crippen MR) is 82.4 cm³/mol. The SMILES string of the molecule is CC1C2C=CC1C1C3C(C(=O)OC(C)(C)C)CC(C3C)C21. The molecule has 116 valence electrons. The summed E-state index contributed by atoms with van der Waals surface area (Å²) >= 11 is 0. The Kier molecular flexibility index (Phi) is 2.73. The van der Waals surface area contributed by atoms with Crippen molar-refractivity contribution in [2.45, 2.75) is 46.6 Å². The van der Waals surface area contributed by atoms with E-state index in [1.807, 2.05) is 20.8 Å². The molecule has 0 radical (unpaired) electrons. The van der Waals surface area contributed by atoms with Crippen LogP contribution in [-0.4, -0.2) is 11.6 Å². The minimum atomic E-state index is -0.358. The van der Waals surface area contributed by atoms with Crippen LogP contribution in [0.2, 0.25) is 0 Å². The third-order valence-electron chi connectivity index (χ3n) is 7.02. The minimum Gasteiger partial charge on any atom is -0.460 e. The van der Waals surface area contributed by atoms with Crippen LogP contribution in [0.15, 0.2) is 12.2 Å². The Bertz CT molecular complexity index is 500. The molecule has 21 heavy (non-hydrogen) atoms. The molecular formula is C19H28O2. The highest BCUT2D eigenvalue weighted by Gasteiger charge is 2.67. The summed E-state index contributed by atoms with van der Waals surface area (Å²) in [5, 5.41) is 0. The fourth-order valence-electron chi connectivity index (χ4n) is 6.49. The van der Waals surface area contributed by atoms with E-state index in [0.29, 0.717) is 11.8 Å². The summed E-state index contributed by atoms with van der Waals surface area (Å²) < 4.78 is 5.72. The Morgan fingerprint density at radius 3 is 2.24 bits per heavy atom. The van der Waals surface area contributed by atoms with Gasteiger partial charge in [-0.05, 0) is 74.5 Å². The molecule has 3 saturated carbocycles. The van der Waals surface area contributed by atoms with Crippen LogP contribution in [0.1, 0.15) is 41.0 Å². The Morgan fingerprint density at radius 1 is 1.00 bits per heavy atom. The van der Waals surface area contributed by atoms with Crippen molar-refractivity contribution in [3.05, 3.63) is 12.2 Å². The van der Waals surface area contributed by atoms with E-state index in [-0.39, 0.29) is 17.5 Å². The van der Waals surface area contributed by atoms with E-state index in [4.69, 9.17) is 4.74 Å². The Balaban J connectivity index is 1.60. The van der Waals surface area contributed by atoms with Crippen LogP contribution in [0, 0.1) is 53.3 Å². The molecule has 0 N–H and O–H groups in total. The summed E-state index contributed by atoms with van der Waals surface area (Å²) in [5.41, 5.74) is -0.358. The van der Waals surface area contributed by atoms with Crippen LogP contribution in [0.25, 0.3) is 0 Å². The lowest BCUT2D eigenvalue weighted by atomic mass is 9.69. The highest BCUT2D eigenvalue weighted by atomic mass is 16.6. The molecule has 0 aliphatic heterocycles. The zero-order valence-corrected chi connectivity index (χ0v) is 13.9. The summed E-state index contributed by atoms with van der Waals surface area (Å²) in [5.74, 6) is 6.17. The second kappa shape index (κ2) is 4.14. The first-order valence-electron chi connectivity index (χ1n) is 8.71. The highest BCUT2D eigenvalue weighted by molar-refractivity contribution is 5.74. The van der Waals surface area contributed by atoms with Gasteiger partial charge in [0.1, 0.15) is 5.60 Å². The van der Waals surface area contributed by atoms with Crippen molar-refractivity contribution < 1.29 is 9.53 Å². The molecule has 4 aliphatic rings. The van der Waals surface area contributed by atoms with E-state index in [9.17, 15) is 4.79 Å². The maximum Gasteiger partial charge on any atom is 0.309 e. The van der Waals surface area contributed by atoms with Gasteiger partial charge in [-0.1, -0.05) is 26.0 Å². The summed E-state index contributed by atoms with van der Waals surface area (Å²) in [6.45, 7) is 10.7. The molecule has 2 nitrogen and oxygen atoms in total. The smallest absolute Gasteiger partial charge is 0.309 e. The van der Waals surface area contributed by atoms with Gasteiger partial charge in [-0.3, -0.25) is 4.79 Å². The van der Waals surface area contributed by atoms with Gasteiger partial charge in [0.15, 0.2) is 0 Å². The van der Waals surface area contributed by atoms with Crippen LogP contribution in [-0.2, 0) is 9.53 Å². The maximum absolute atomic E-state index is 12.6. The van der Waals surface area contributed by atoms with Crippen molar-refractivity contribution in [2.24, 2.45) is 53.3 Å². The van der Waals surface area contributed by atoms with Gasteiger partial charge in [-0.25, -0.2) is 0 Å². The minimum absolute atomic E-state index is 0.0692. The molecule has 9 unspecified atom stereocenters. The molecule has 4 bridgehead atoms. The average molecular weight is 288 g/mol. The second-order valence-electron chi connectivity index (χ2n) is 9.03. The van der Waals surface area contributed by atoms with Crippen LogP contribution < -0.4 is 0 Å². The van der Waals surface area contributed by atoms with Gasteiger partial charge in [-0.2, -0.15) is 0 Å². The summed E-state index contributed by atoms with van der Waals surface area (Å²) in [6.07, 6.45) is 6.01. The van der Waals surface area contributed by atoms with Crippen molar-refractivity contribution in [2.75, 3.05) is 0 Å². The Morgan fingerprint density at radius 2 is 1.62 bits per heavy atom. The predicted octanol–water partition coefficient (Wildman–Crippen LogP) is 3.91. The molecule has 4 rings (SSSR count). The summed E-state index contributed by atoms with van der Waals surface area (Å²) in [4.78, 5) is 12.6. The van der Waals surface area contributed by atoms with Crippen molar-refractivity contribution >= 4 is 5.97 Å². The molecule has 9 atom stereocenters. The lowest BCUT2D eigenvalue weighted by molar-refractivity contribution is -0.163. The molecule has 0 aromatic rings. The Labute approximate surface area is 128 Å². The summed E-state index contributed by atoms with van der Waals surface area (Å²) in [7, 11) is 0. The lowest BCUT2D eigenvalue weighted by Gasteiger charge is -2.36. The number of allylic oxidation sites excluding steroid dienone is 2. The van der Waals surface area contributed by atoms with Gasteiger partial charge in [0.05, 0.1) is 5.92 Å². The molecule has 0 heterocycles. The number of fused-ring (bicyclic) bond motifs is 9. The molecule has 0 aromatic heterocycles. The van der Waals surface area contributed by atoms with Crippen LogP contribution in [0.4, 0.5) is 0 Å². The van der Waals surface area contributed by atoms with Gasteiger partial charge in [-0.15, -0.1) is 0 Å². The quantitative estimate of drug-likeness (QED) is 0.415. The van der Waals surface area contributed by atoms with Crippen LogP contribution >= 0.6 is 0 Å². The third kappa shape index (κ3) is 1.74. The summed E-state index contributed by atoms with van der Waals surface area (Å²) in [6, 6.07) is 0. The van der Waals surface area contributed by atoms with E-state index in [1.54, 1.807) is 0 Å². The largest absolute Gasteiger partial charge is 0.460 e. The second-order valence-corrected chi connectivity index (χ2v) is 9.03. The molecule has 2 heteroatoms. The lowest BCUT2D eigenvalue weighted by Crippen LogP contribution is -2.38. The van der Waals surface area contributed by atoms with Crippen molar-refractivity contribution in [1.82, 2.24) is 0 Å². The Hall–Kier alpha value is -0.790. The van der Waals surface area contributed by atoms with Gasteiger partial charge >= 0.3 is 5.97 Å². The first-order chi connectivity index (χ1) is 9.79. The van der Waals surface area contributed by atoms with Gasteiger partial charge in [0, 0.05) is 0 Å². The molecule has 4 aliphatic carbocycles. The third-order valence-corrected chi connectivity index (χ3v) is 7.02. The topological polar surface area (TPSA) is 26.3 Å². The monoisotopic (exact) mass is 288 g/mol. The van der Waals surface area contributed by atoms with E-state index in [0.717, 1.165) is 41.9 Å². The van der Waals surface area contributed by atoms with E-state index in [2.05, 4.69) is 26.0 Å². The number of carbonyl (C=O) groups is 1. The van der Waals surface area contributed by atoms with Gasteiger partial charge < -0.3 is 4.74 Å². The standard InChI is InChI=1S/C19H28O2/c1-9-11-6-7-12(9)17-15-10(2)13(16(11)17)8-14(15)18(20)21-19(3,4)5/h6-7,9-17H,8H2,1-5H3. The molecular weight excluding hydrogens is 260 g/mol. The van der Waals surface area contributed by atoms with Crippen LogP contribution in [0.3, 0.4) is 0 Å². The van der Waals surface area contributed by atoms with E-state index in [1.165, 1.54) is 0 Å². The van der Waals surface area contributed by atoms with Crippen molar-refractivity contribution in [1.29, 1.82) is 0 Å². The zero-order chi connectivity index (χ0) is 15.1. The normalized spacial score (nSPS) is 53.3. The number of esters is 1. The first-order valence-corrected chi connectivity index (χ1v) is 8.71. The fourth-order valence-corrected chi connectivity index (χ4v) is 6.49. The highest BCUT2D eigenvalue weighted by Crippen LogP contribution is 2.70. The van der Waals surface area contributed by atoms with Crippen molar-refractivity contribution in [3.8, 4) is 0 Å². The number of hydrogen-bond acceptors (Lipinski definition) is 2. The average Bonchev–Trinajstić information content (AvgIpc) is 3.05. The number of ether oxygens (including phenoxy) is 1. The fraction of sp³-hybridized carbons (Fsp3) is 0.842. The number of carbonyl (C=O) groups excluding carboxylic acids is 1. The van der Waals surface area contributed by atoms with Crippen LogP contribution in [0.5, 0.6) is 0 Å². The molecule has 3 fully saturated rings. The van der Waals surface area contributed by atoms with Gasteiger partial charge in [0.2, 0.25) is 0 Å². The van der Waals surface area contributed by atoms with E-state index >= 15 is 0 Å². The van der Waals surface area contributed by atoms with Gasteiger partial charge in [0.25, 0.3) is 0 Å². The molecule has 0 spiro atoms. The first kappa shape index (κ1) is 13.8. The van der Waals surface area contributed by atoms with Crippen molar-refractivity contribution in [3.63, 3.8) is 0 Å². The zero-order valence-electron chi connectivity index (χ0n) is 13.9. The molecule has 0 saturated heterocycles. The van der Waals surface area contributed by atoms with E-state index < -0.39 is 0 Å².